The molecule has 1 saturated heterocycles. The van der Waals surface area contributed by atoms with Crippen molar-refractivity contribution in [3.63, 3.8) is 0 Å². The molecule has 2 atom stereocenters. The summed E-state index contributed by atoms with van der Waals surface area (Å²) in [5.74, 6) is -1.07. The third-order valence-corrected chi connectivity index (χ3v) is 3.35. The van der Waals surface area contributed by atoms with Crippen LogP contribution in [0.5, 0.6) is 0 Å². The van der Waals surface area contributed by atoms with E-state index in [9.17, 15) is 14.4 Å². The summed E-state index contributed by atoms with van der Waals surface area (Å²) in [6, 6.07) is -0.902. The van der Waals surface area contributed by atoms with E-state index < -0.39 is 12.0 Å². The van der Waals surface area contributed by atoms with Gasteiger partial charge in [0, 0.05) is 26.1 Å². The number of hydrogen-bond donors (Lipinski definition) is 3. The van der Waals surface area contributed by atoms with Crippen LogP contribution < -0.4 is 10.6 Å². The Balaban J connectivity index is 2.46. The quantitative estimate of drug-likeness (QED) is 0.681. The number of likely N-dealkylation sites (tertiary alicyclic amines) is 1. The zero-order valence-corrected chi connectivity index (χ0v) is 12.0. The van der Waals surface area contributed by atoms with Crippen molar-refractivity contribution in [3.8, 4) is 0 Å². The molecule has 0 aliphatic carbocycles. The van der Waals surface area contributed by atoms with Gasteiger partial charge in [-0.25, -0.2) is 4.79 Å². The summed E-state index contributed by atoms with van der Waals surface area (Å²) in [7, 11) is 0. The summed E-state index contributed by atoms with van der Waals surface area (Å²) in [4.78, 5) is 35.9. The Morgan fingerprint density at radius 3 is 2.70 bits per heavy atom. The zero-order valence-electron chi connectivity index (χ0n) is 12.0. The lowest BCUT2D eigenvalue weighted by Gasteiger charge is -2.32. The fourth-order valence-electron chi connectivity index (χ4n) is 2.33. The van der Waals surface area contributed by atoms with E-state index in [4.69, 9.17) is 5.11 Å². The standard InChI is InChI=1S/C13H23N3O4/c1-3-14-12(19)9(2)15-13(20)16-6-4-5-10(8-16)7-11(17)18/h9-10H,3-8H2,1-2H3,(H,14,19)(H,15,20)(H,17,18). The van der Waals surface area contributed by atoms with E-state index in [1.165, 1.54) is 0 Å². The van der Waals surface area contributed by atoms with E-state index >= 15 is 0 Å². The lowest BCUT2D eigenvalue weighted by atomic mass is 9.95. The van der Waals surface area contributed by atoms with Crippen LogP contribution in [0.3, 0.4) is 0 Å². The van der Waals surface area contributed by atoms with Gasteiger partial charge in [0.15, 0.2) is 0 Å². The van der Waals surface area contributed by atoms with Crippen molar-refractivity contribution in [2.75, 3.05) is 19.6 Å². The lowest BCUT2D eigenvalue weighted by molar-refractivity contribution is -0.138. The summed E-state index contributed by atoms with van der Waals surface area (Å²) >= 11 is 0. The first-order valence-corrected chi connectivity index (χ1v) is 6.99. The van der Waals surface area contributed by atoms with Crippen molar-refractivity contribution < 1.29 is 19.5 Å². The van der Waals surface area contributed by atoms with Gasteiger partial charge in [0.1, 0.15) is 6.04 Å². The van der Waals surface area contributed by atoms with Crippen LogP contribution in [0, 0.1) is 5.92 Å². The molecule has 0 radical (unpaired) electrons. The van der Waals surface area contributed by atoms with Crippen molar-refractivity contribution in [3.05, 3.63) is 0 Å². The summed E-state index contributed by atoms with van der Waals surface area (Å²) in [6.45, 7) is 4.99. The van der Waals surface area contributed by atoms with Gasteiger partial charge in [-0.3, -0.25) is 9.59 Å². The normalized spacial score (nSPS) is 20.1. The van der Waals surface area contributed by atoms with E-state index in [0.29, 0.717) is 19.6 Å². The van der Waals surface area contributed by atoms with Crippen molar-refractivity contribution in [2.24, 2.45) is 5.92 Å². The maximum atomic E-state index is 12.0. The van der Waals surface area contributed by atoms with E-state index in [-0.39, 0.29) is 24.3 Å². The minimum atomic E-state index is -0.840. The number of carboxylic acids is 1. The number of piperidine rings is 1. The zero-order chi connectivity index (χ0) is 15.1. The number of nitrogens with zero attached hydrogens (tertiary/aromatic N) is 1. The first-order valence-electron chi connectivity index (χ1n) is 6.99. The van der Waals surface area contributed by atoms with Gasteiger partial charge >= 0.3 is 12.0 Å². The second-order valence-corrected chi connectivity index (χ2v) is 5.12. The van der Waals surface area contributed by atoms with E-state index in [0.717, 1.165) is 12.8 Å². The van der Waals surface area contributed by atoms with Crippen LogP contribution in [0.15, 0.2) is 0 Å². The maximum absolute atomic E-state index is 12.0. The molecule has 0 spiro atoms. The predicted octanol–water partition coefficient (Wildman–Crippen LogP) is 0.407. The Morgan fingerprint density at radius 2 is 2.10 bits per heavy atom. The van der Waals surface area contributed by atoms with Crippen molar-refractivity contribution >= 4 is 17.9 Å². The molecule has 1 fully saturated rings. The van der Waals surface area contributed by atoms with E-state index in [2.05, 4.69) is 10.6 Å². The highest BCUT2D eigenvalue weighted by atomic mass is 16.4. The molecule has 20 heavy (non-hydrogen) atoms. The molecule has 0 aromatic rings. The maximum Gasteiger partial charge on any atom is 0.318 e. The number of carboxylic acid groups (broad SMARTS) is 1. The fourth-order valence-corrected chi connectivity index (χ4v) is 2.33. The Bertz CT molecular complexity index is 373. The molecule has 0 aromatic heterocycles. The van der Waals surface area contributed by atoms with Crippen molar-refractivity contribution in [1.82, 2.24) is 15.5 Å². The topological polar surface area (TPSA) is 98.7 Å². The summed E-state index contributed by atoms with van der Waals surface area (Å²) in [5, 5.41) is 14.1. The number of urea groups is 1. The molecular formula is C13H23N3O4. The van der Waals surface area contributed by atoms with E-state index in [1.807, 2.05) is 6.92 Å². The molecule has 1 heterocycles. The van der Waals surface area contributed by atoms with Crippen molar-refractivity contribution in [2.45, 2.75) is 39.2 Å². The second-order valence-electron chi connectivity index (χ2n) is 5.12. The summed E-state index contributed by atoms with van der Waals surface area (Å²) in [6.07, 6.45) is 1.69. The molecule has 7 heteroatoms. The average Bonchev–Trinajstić information content (AvgIpc) is 2.38. The largest absolute Gasteiger partial charge is 0.481 e. The smallest absolute Gasteiger partial charge is 0.318 e. The van der Waals surface area contributed by atoms with Gasteiger partial charge in [0.25, 0.3) is 0 Å². The highest BCUT2D eigenvalue weighted by Crippen LogP contribution is 2.19. The Morgan fingerprint density at radius 1 is 1.40 bits per heavy atom. The van der Waals surface area contributed by atoms with Gasteiger partial charge in [0.05, 0.1) is 0 Å². The van der Waals surface area contributed by atoms with Crippen LogP contribution in [0.4, 0.5) is 4.79 Å². The molecule has 7 nitrogen and oxygen atoms in total. The number of aliphatic carboxylic acids is 1. The molecule has 3 N–H and O–H groups in total. The molecule has 1 aliphatic heterocycles. The van der Waals surface area contributed by atoms with Crippen LogP contribution in [0.2, 0.25) is 0 Å². The van der Waals surface area contributed by atoms with Gasteiger partial charge in [-0.15, -0.1) is 0 Å². The van der Waals surface area contributed by atoms with Gasteiger partial charge in [-0.1, -0.05) is 0 Å². The van der Waals surface area contributed by atoms with Gasteiger partial charge in [-0.05, 0) is 32.6 Å². The van der Waals surface area contributed by atoms with Gasteiger partial charge < -0.3 is 20.6 Å². The molecule has 2 unspecified atom stereocenters. The minimum absolute atomic E-state index is 0.00762. The monoisotopic (exact) mass is 285 g/mol. The molecule has 1 aliphatic rings. The summed E-state index contributed by atoms with van der Waals surface area (Å²) in [5.41, 5.74) is 0. The number of amides is 3. The van der Waals surface area contributed by atoms with Crippen LogP contribution in [-0.2, 0) is 9.59 Å². The highest BCUT2D eigenvalue weighted by Gasteiger charge is 2.26. The number of likely N-dealkylation sites (N-methyl/N-ethyl adjacent to an activating group) is 1. The average molecular weight is 285 g/mol. The molecule has 0 bridgehead atoms. The van der Waals surface area contributed by atoms with Gasteiger partial charge in [-0.2, -0.15) is 0 Å². The minimum Gasteiger partial charge on any atom is -0.481 e. The van der Waals surface area contributed by atoms with E-state index in [1.54, 1.807) is 11.8 Å². The first kappa shape index (κ1) is 16.3. The van der Waals surface area contributed by atoms with Crippen LogP contribution in [-0.4, -0.2) is 53.6 Å². The first-order chi connectivity index (χ1) is 9.43. The third-order valence-electron chi connectivity index (χ3n) is 3.35. The highest BCUT2D eigenvalue weighted by molar-refractivity contribution is 5.86. The number of carbonyl (C=O) groups excluding carboxylic acids is 2. The predicted molar refractivity (Wildman–Crippen MR) is 73.2 cm³/mol. The number of rotatable bonds is 5. The Hall–Kier alpha value is -1.79. The molecule has 0 saturated carbocycles. The SMILES string of the molecule is CCNC(=O)C(C)NC(=O)N1CCCC(CC(=O)O)C1. The number of hydrogen-bond acceptors (Lipinski definition) is 3. The molecule has 3 amide bonds. The van der Waals surface area contributed by atoms with Crippen LogP contribution >= 0.6 is 0 Å². The van der Waals surface area contributed by atoms with Gasteiger partial charge in [0.2, 0.25) is 5.91 Å². The van der Waals surface area contributed by atoms with Crippen LogP contribution in [0.25, 0.3) is 0 Å². The molecule has 1 rings (SSSR count). The summed E-state index contributed by atoms with van der Waals surface area (Å²) < 4.78 is 0. The lowest BCUT2D eigenvalue weighted by Crippen LogP contribution is -2.52. The fraction of sp³-hybridized carbons (Fsp3) is 0.769. The van der Waals surface area contributed by atoms with Crippen molar-refractivity contribution in [1.29, 1.82) is 0 Å². The number of nitrogens with one attached hydrogen (secondary N) is 2. The molecule has 114 valence electrons. The number of carbonyl (C=O) groups is 3. The third kappa shape index (κ3) is 5.07. The Kier molecular flexibility index (Phi) is 6.27. The molecular weight excluding hydrogens is 262 g/mol. The van der Waals surface area contributed by atoms with Crippen LogP contribution in [0.1, 0.15) is 33.1 Å². The second kappa shape index (κ2) is 7.72. The Labute approximate surface area is 118 Å². The molecule has 0 aromatic carbocycles.